The van der Waals surface area contributed by atoms with E-state index >= 15 is 0 Å². The number of ether oxygens (including phenoxy) is 1. The normalized spacial score (nSPS) is 22.2. The summed E-state index contributed by atoms with van der Waals surface area (Å²) in [5.74, 6) is 0.392. The fourth-order valence-corrected chi connectivity index (χ4v) is 3.93. The number of benzene rings is 1. The van der Waals surface area contributed by atoms with E-state index in [2.05, 4.69) is 48.6 Å². The number of nitrogens with one attached hydrogen (secondary N) is 1. The highest BCUT2D eigenvalue weighted by molar-refractivity contribution is 7.12. The fourth-order valence-electron chi connectivity index (χ4n) is 2.74. The van der Waals surface area contributed by atoms with Crippen LogP contribution in [0.25, 0.3) is 0 Å². The third-order valence-corrected chi connectivity index (χ3v) is 4.81. The van der Waals surface area contributed by atoms with Crippen LogP contribution >= 0.6 is 11.3 Å². The SMILES string of the molecule is CNCC1OCC(c2ccccc2)c2sc(C)cc21. The van der Waals surface area contributed by atoms with Gasteiger partial charge in [-0.3, -0.25) is 0 Å². The van der Waals surface area contributed by atoms with E-state index in [4.69, 9.17) is 4.74 Å². The molecule has 0 amide bonds. The lowest BCUT2D eigenvalue weighted by Gasteiger charge is -2.29. The summed E-state index contributed by atoms with van der Waals surface area (Å²) in [5.41, 5.74) is 2.73. The first-order valence-corrected chi connectivity index (χ1v) is 7.52. The molecular weight excluding hydrogens is 254 g/mol. The highest BCUT2D eigenvalue weighted by Gasteiger charge is 2.30. The van der Waals surface area contributed by atoms with Gasteiger partial charge in [0.1, 0.15) is 0 Å². The Morgan fingerprint density at radius 1 is 1.32 bits per heavy atom. The van der Waals surface area contributed by atoms with Crippen molar-refractivity contribution in [2.75, 3.05) is 20.2 Å². The van der Waals surface area contributed by atoms with Gasteiger partial charge in [-0.15, -0.1) is 11.3 Å². The number of likely N-dealkylation sites (N-methyl/N-ethyl adjacent to an activating group) is 1. The van der Waals surface area contributed by atoms with E-state index < -0.39 is 0 Å². The molecule has 100 valence electrons. The van der Waals surface area contributed by atoms with Crippen molar-refractivity contribution >= 4 is 11.3 Å². The van der Waals surface area contributed by atoms with E-state index in [1.807, 2.05) is 18.4 Å². The molecule has 2 aromatic rings. The Hall–Kier alpha value is -1.16. The second kappa shape index (κ2) is 5.45. The number of rotatable bonds is 3. The average Bonchev–Trinajstić information content (AvgIpc) is 2.82. The van der Waals surface area contributed by atoms with Crippen LogP contribution in [0.4, 0.5) is 0 Å². The van der Waals surface area contributed by atoms with Crippen LogP contribution in [0.15, 0.2) is 36.4 Å². The maximum absolute atomic E-state index is 6.07. The van der Waals surface area contributed by atoms with E-state index in [1.54, 1.807) is 0 Å². The van der Waals surface area contributed by atoms with Crippen molar-refractivity contribution in [2.24, 2.45) is 0 Å². The van der Waals surface area contributed by atoms with Gasteiger partial charge in [0.25, 0.3) is 0 Å². The molecule has 3 heteroatoms. The van der Waals surface area contributed by atoms with Crippen LogP contribution in [0, 0.1) is 6.92 Å². The van der Waals surface area contributed by atoms with Gasteiger partial charge in [-0.05, 0) is 31.2 Å². The van der Waals surface area contributed by atoms with Crippen molar-refractivity contribution in [2.45, 2.75) is 18.9 Å². The molecule has 0 fully saturated rings. The summed E-state index contributed by atoms with van der Waals surface area (Å²) >= 11 is 1.91. The first-order chi connectivity index (χ1) is 9.29. The van der Waals surface area contributed by atoms with Crippen LogP contribution < -0.4 is 5.32 Å². The molecule has 1 aliphatic rings. The van der Waals surface area contributed by atoms with Gasteiger partial charge in [0, 0.05) is 22.2 Å². The van der Waals surface area contributed by atoms with Crippen LogP contribution in [-0.2, 0) is 4.74 Å². The minimum Gasteiger partial charge on any atom is -0.371 e. The van der Waals surface area contributed by atoms with Crippen LogP contribution in [0.1, 0.15) is 32.9 Å². The molecule has 0 saturated carbocycles. The second-order valence-electron chi connectivity index (χ2n) is 5.02. The van der Waals surface area contributed by atoms with Crippen LogP contribution in [0.3, 0.4) is 0 Å². The Kier molecular flexibility index (Phi) is 3.69. The van der Waals surface area contributed by atoms with Gasteiger partial charge in [0.2, 0.25) is 0 Å². The summed E-state index contributed by atoms with van der Waals surface area (Å²) in [6, 6.07) is 13.0. The molecule has 1 N–H and O–H groups in total. The summed E-state index contributed by atoms with van der Waals surface area (Å²) in [6.45, 7) is 3.84. The highest BCUT2D eigenvalue weighted by atomic mass is 32.1. The van der Waals surface area contributed by atoms with Crippen molar-refractivity contribution in [3.05, 3.63) is 57.3 Å². The number of aryl methyl sites for hydroxylation is 1. The topological polar surface area (TPSA) is 21.3 Å². The maximum atomic E-state index is 6.07. The average molecular weight is 273 g/mol. The summed E-state index contributed by atoms with van der Waals surface area (Å²) < 4.78 is 6.07. The molecule has 0 aliphatic carbocycles. The van der Waals surface area contributed by atoms with Crippen molar-refractivity contribution in [1.82, 2.24) is 5.32 Å². The zero-order valence-electron chi connectivity index (χ0n) is 11.3. The minimum atomic E-state index is 0.199. The third-order valence-electron chi connectivity index (χ3n) is 3.63. The standard InChI is InChI=1S/C16H19NOS/c1-11-8-13-15(9-17-2)18-10-14(16(13)19-11)12-6-4-3-5-7-12/h3-8,14-15,17H,9-10H2,1-2H3. The van der Waals surface area contributed by atoms with E-state index in [0.29, 0.717) is 5.92 Å². The molecule has 2 nitrogen and oxygen atoms in total. The number of hydrogen-bond acceptors (Lipinski definition) is 3. The van der Waals surface area contributed by atoms with Crippen molar-refractivity contribution < 1.29 is 4.74 Å². The Morgan fingerprint density at radius 3 is 2.84 bits per heavy atom. The summed E-state index contributed by atoms with van der Waals surface area (Å²) in [6.07, 6.45) is 0.199. The molecule has 19 heavy (non-hydrogen) atoms. The molecule has 0 bridgehead atoms. The summed E-state index contributed by atoms with van der Waals surface area (Å²) in [4.78, 5) is 2.85. The van der Waals surface area contributed by atoms with Gasteiger partial charge in [0.05, 0.1) is 12.7 Å². The Labute approximate surface area is 118 Å². The first-order valence-electron chi connectivity index (χ1n) is 6.71. The quantitative estimate of drug-likeness (QED) is 0.924. The molecule has 0 spiro atoms. The van der Waals surface area contributed by atoms with Crippen molar-refractivity contribution in [3.63, 3.8) is 0 Å². The highest BCUT2D eigenvalue weighted by Crippen LogP contribution is 2.42. The van der Waals surface area contributed by atoms with Gasteiger partial charge in [-0.2, -0.15) is 0 Å². The molecule has 2 unspecified atom stereocenters. The van der Waals surface area contributed by atoms with E-state index in [9.17, 15) is 0 Å². The molecule has 2 heterocycles. The predicted molar refractivity (Wildman–Crippen MR) is 80.0 cm³/mol. The molecule has 2 atom stereocenters. The molecule has 3 rings (SSSR count). The monoisotopic (exact) mass is 273 g/mol. The van der Waals surface area contributed by atoms with Gasteiger partial charge in [-0.1, -0.05) is 30.3 Å². The fraction of sp³-hybridized carbons (Fsp3) is 0.375. The Morgan fingerprint density at radius 2 is 2.11 bits per heavy atom. The smallest absolute Gasteiger partial charge is 0.0960 e. The number of fused-ring (bicyclic) bond motifs is 1. The van der Waals surface area contributed by atoms with Gasteiger partial charge < -0.3 is 10.1 Å². The molecular formula is C16H19NOS. The molecule has 1 aromatic carbocycles. The predicted octanol–water partition coefficient (Wildman–Crippen LogP) is 3.48. The second-order valence-corrected chi connectivity index (χ2v) is 6.31. The van der Waals surface area contributed by atoms with E-state index in [-0.39, 0.29) is 6.10 Å². The van der Waals surface area contributed by atoms with Gasteiger partial charge in [0.15, 0.2) is 0 Å². The molecule has 0 radical (unpaired) electrons. The zero-order valence-corrected chi connectivity index (χ0v) is 12.2. The summed E-state index contributed by atoms with van der Waals surface area (Å²) in [7, 11) is 1.98. The molecule has 1 aromatic heterocycles. The van der Waals surface area contributed by atoms with Crippen LogP contribution in [0.5, 0.6) is 0 Å². The lowest BCUT2D eigenvalue weighted by molar-refractivity contribution is 0.0367. The Balaban J connectivity index is 1.99. The largest absolute Gasteiger partial charge is 0.371 e. The third kappa shape index (κ3) is 2.46. The lowest BCUT2D eigenvalue weighted by atomic mass is 9.91. The minimum absolute atomic E-state index is 0.199. The van der Waals surface area contributed by atoms with E-state index in [1.165, 1.54) is 20.9 Å². The first kappa shape index (κ1) is 12.9. The van der Waals surface area contributed by atoms with Crippen LogP contribution in [-0.4, -0.2) is 20.2 Å². The van der Waals surface area contributed by atoms with E-state index in [0.717, 1.165) is 13.2 Å². The van der Waals surface area contributed by atoms with Crippen molar-refractivity contribution in [3.8, 4) is 0 Å². The maximum Gasteiger partial charge on any atom is 0.0960 e. The Bertz CT molecular complexity index is 549. The van der Waals surface area contributed by atoms with Crippen molar-refractivity contribution in [1.29, 1.82) is 0 Å². The summed E-state index contributed by atoms with van der Waals surface area (Å²) in [5, 5.41) is 3.22. The van der Waals surface area contributed by atoms with Gasteiger partial charge in [-0.25, -0.2) is 0 Å². The number of hydrogen-bond donors (Lipinski definition) is 1. The molecule has 1 aliphatic heterocycles. The zero-order chi connectivity index (χ0) is 13.2. The van der Waals surface area contributed by atoms with Gasteiger partial charge >= 0.3 is 0 Å². The van der Waals surface area contributed by atoms with Crippen LogP contribution in [0.2, 0.25) is 0 Å². The lowest BCUT2D eigenvalue weighted by Crippen LogP contribution is -2.26. The molecule has 0 saturated heterocycles. The number of thiophene rings is 1.